The molecule has 0 aliphatic rings. The fourth-order valence-electron chi connectivity index (χ4n) is 1.81. The molecule has 20 heavy (non-hydrogen) atoms. The van der Waals surface area contributed by atoms with E-state index in [0.717, 1.165) is 12.0 Å². The number of benzene rings is 1. The van der Waals surface area contributed by atoms with Crippen LogP contribution in [0.5, 0.6) is 11.5 Å². The first-order valence-electron chi connectivity index (χ1n) is 6.23. The lowest BCUT2D eigenvalue weighted by Gasteiger charge is -2.10. The van der Waals surface area contributed by atoms with Crippen LogP contribution in [-0.2, 0) is 6.42 Å². The topological polar surface area (TPSA) is 76.2 Å². The van der Waals surface area contributed by atoms with Crippen LogP contribution in [0.25, 0.3) is 0 Å². The molecule has 0 spiro atoms. The average molecular weight is 275 g/mol. The number of hydrogen-bond acceptors (Lipinski definition) is 5. The second-order valence-corrected chi connectivity index (χ2v) is 4.17. The van der Waals surface area contributed by atoms with Crippen LogP contribution >= 0.6 is 0 Å². The van der Waals surface area contributed by atoms with Crippen molar-refractivity contribution in [3.05, 3.63) is 46.2 Å². The van der Waals surface area contributed by atoms with E-state index in [2.05, 4.69) is 15.5 Å². The zero-order valence-corrected chi connectivity index (χ0v) is 11.5. The van der Waals surface area contributed by atoms with Crippen molar-refractivity contribution in [3.8, 4) is 11.5 Å². The van der Waals surface area contributed by atoms with Crippen molar-refractivity contribution in [3.63, 3.8) is 0 Å². The van der Waals surface area contributed by atoms with Gasteiger partial charge >= 0.3 is 0 Å². The number of aromatic amines is 1. The minimum absolute atomic E-state index is 0.213. The maximum absolute atomic E-state index is 10.9. The molecule has 106 valence electrons. The molecular formula is C14H17N3O3. The van der Waals surface area contributed by atoms with Gasteiger partial charge in [-0.25, -0.2) is 5.10 Å². The second-order valence-electron chi connectivity index (χ2n) is 4.17. The molecule has 0 aliphatic carbocycles. The van der Waals surface area contributed by atoms with Crippen LogP contribution in [0.15, 0.2) is 35.1 Å². The molecule has 0 unspecified atom stereocenters. The molecular weight excluding hydrogens is 258 g/mol. The molecule has 6 heteroatoms. The number of methoxy groups -OCH3 is 2. The minimum atomic E-state index is -0.213. The maximum Gasteiger partial charge on any atom is 0.264 e. The van der Waals surface area contributed by atoms with E-state index in [4.69, 9.17) is 9.47 Å². The van der Waals surface area contributed by atoms with Crippen LogP contribution in [0.1, 0.15) is 5.56 Å². The fourth-order valence-corrected chi connectivity index (χ4v) is 1.81. The molecule has 2 rings (SSSR count). The summed E-state index contributed by atoms with van der Waals surface area (Å²) in [6.45, 7) is 0.703. The number of hydrogen-bond donors (Lipinski definition) is 2. The molecule has 0 saturated carbocycles. The van der Waals surface area contributed by atoms with Gasteiger partial charge in [-0.15, -0.1) is 0 Å². The SMILES string of the molecule is COc1ccc(CCNc2ccc(=O)[nH]n2)cc1OC. The van der Waals surface area contributed by atoms with Gasteiger partial charge in [-0.1, -0.05) is 6.07 Å². The van der Waals surface area contributed by atoms with Gasteiger partial charge in [0.15, 0.2) is 11.5 Å². The Balaban J connectivity index is 1.93. The fraction of sp³-hybridized carbons (Fsp3) is 0.286. The molecule has 1 heterocycles. The molecule has 1 aromatic heterocycles. The van der Waals surface area contributed by atoms with Crippen LogP contribution in [0.4, 0.5) is 5.82 Å². The van der Waals surface area contributed by atoms with Gasteiger partial charge < -0.3 is 14.8 Å². The average Bonchev–Trinajstić information content (AvgIpc) is 2.49. The first-order chi connectivity index (χ1) is 9.72. The Hall–Kier alpha value is -2.50. The quantitative estimate of drug-likeness (QED) is 0.834. The van der Waals surface area contributed by atoms with Crippen LogP contribution < -0.4 is 20.3 Å². The summed E-state index contributed by atoms with van der Waals surface area (Å²) in [7, 11) is 3.23. The van der Waals surface area contributed by atoms with Gasteiger partial charge in [-0.3, -0.25) is 4.79 Å². The van der Waals surface area contributed by atoms with Gasteiger partial charge in [0.25, 0.3) is 5.56 Å². The smallest absolute Gasteiger partial charge is 0.264 e. The Morgan fingerprint density at radius 3 is 2.60 bits per heavy atom. The van der Waals surface area contributed by atoms with Crippen molar-refractivity contribution in [2.45, 2.75) is 6.42 Å². The number of aromatic nitrogens is 2. The molecule has 2 N–H and O–H groups in total. The lowest BCUT2D eigenvalue weighted by Crippen LogP contribution is -2.11. The Labute approximate surface area is 116 Å². The highest BCUT2D eigenvalue weighted by atomic mass is 16.5. The van der Waals surface area contributed by atoms with E-state index in [1.165, 1.54) is 6.07 Å². The Morgan fingerprint density at radius 2 is 1.95 bits per heavy atom. The second kappa shape index (κ2) is 6.60. The highest BCUT2D eigenvalue weighted by Gasteiger charge is 2.04. The first kappa shape index (κ1) is 13.9. The molecule has 0 radical (unpaired) electrons. The monoisotopic (exact) mass is 275 g/mol. The first-order valence-corrected chi connectivity index (χ1v) is 6.23. The summed E-state index contributed by atoms with van der Waals surface area (Å²) >= 11 is 0. The van der Waals surface area contributed by atoms with Crippen molar-refractivity contribution < 1.29 is 9.47 Å². The Kier molecular flexibility index (Phi) is 4.60. The molecule has 0 saturated heterocycles. The molecule has 6 nitrogen and oxygen atoms in total. The summed E-state index contributed by atoms with van der Waals surface area (Å²) < 4.78 is 10.4. The number of rotatable bonds is 6. The summed E-state index contributed by atoms with van der Waals surface area (Å²) in [6, 6.07) is 8.90. The number of anilines is 1. The van der Waals surface area contributed by atoms with Gasteiger partial charge in [0.05, 0.1) is 14.2 Å². The lowest BCUT2D eigenvalue weighted by atomic mass is 10.1. The maximum atomic E-state index is 10.9. The third-order valence-electron chi connectivity index (χ3n) is 2.85. The van der Waals surface area contributed by atoms with Crippen LogP contribution in [0, 0.1) is 0 Å². The summed E-state index contributed by atoms with van der Waals surface area (Å²) in [5.74, 6) is 2.07. The zero-order valence-electron chi connectivity index (χ0n) is 11.5. The molecule has 0 amide bonds. The Morgan fingerprint density at radius 1 is 1.15 bits per heavy atom. The van der Waals surface area contributed by atoms with E-state index in [9.17, 15) is 4.79 Å². The summed E-state index contributed by atoms with van der Waals surface area (Å²) in [6.07, 6.45) is 0.807. The van der Waals surface area contributed by atoms with Gasteiger partial charge in [0.2, 0.25) is 0 Å². The number of ether oxygens (including phenoxy) is 2. The Bertz CT molecular complexity index is 605. The lowest BCUT2D eigenvalue weighted by molar-refractivity contribution is 0.354. The van der Waals surface area contributed by atoms with Gasteiger partial charge in [0.1, 0.15) is 5.82 Å². The van der Waals surface area contributed by atoms with E-state index in [0.29, 0.717) is 23.9 Å². The van der Waals surface area contributed by atoms with E-state index in [1.54, 1.807) is 20.3 Å². The van der Waals surface area contributed by atoms with Crippen molar-refractivity contribution in [1.29, 1.82) is 0 Å². The van der Waals surface area contributed by atoms with E-state index < -0.39 is 0 Å². The van der Waals surface area contributed by atoms with E-state index >= 15 is 0 Å². The third kappa shape index (κ3) is 3.50. The number of nitrogens with one attached hydrogen (secondary N) is 2. The summed E-state index contributed by atoms with van der Waals surface area (Å²) in [5.41, 5.74) is 0.912. The number of H-pyrrole nitrogens is 1. The molecule has 1 aromatic carbocycles. The molecule has 2 aromatic rings. The van der Waals surface area contributed by atoms with Crippen LogP contribution in [0.3, 0.4) is 0 Å². The van der Waals surface area contributed by atoms with Crippen LogP contribution in [-0.4, -0.2) is 31.0 Å². The molecule has 0 atom stereocenters. The summed E-state index contributed by atoms with van der Waals surface area (Å²) in [4.78, 5) is 10.9. The minimum Gasteiger partial charge on any atom is -0.493 e. The predicted octanol–water partition coefficient (Wildman–Crippen LogP) is 1.44. The van der Waals surface area contributed by atoms with E-state index in [-0.39, 0.29) is 5.56 Å². The largest absolute Gasteiger partial charge is 0.493 e. The van der Waals surface area contributed by atoms with Crippen molar-refractivity contribution >= 4 is 5.82 Å². The van der Waals surface area contributed by atoms with Crippen molar-refractivity contribution in [2.24, 2.45) is 0 Å². The normalized spacial score (nSPS) is 10.1. The van der Waals surface area contributed by atoms with Gasteiger partial charge in [-0.05, 0) is 30.2 Å². The van der Waals surface area contributed by atoms with Crippen LogP contribution in [0.2, 0.25) is 0 Å². The van der Waals surface area contributed by atoms with Crippen molar-refractivity contribution in [2.75, 3.05) is 26.1 Å². The standard InChI is InChI=1S/C14H17N3O3/c1-19-11-4-3-10(9-12(11)20-2)7-8-15-13-5-6-14(18)17-16-13/h3-6,9H,7-8H2,1-2H3,(H,15,16)(H,17,18). The van der Waals surface area contributed by atoms with Crippen molar-refractivity contribution in [1.82, 2.24) is 10.2 Å². The summed E-state index contributed by atoms with van der Waals surface area (Å²) in [5, 5.41) is 9.39. The molecule has 0 aliphatic heterocycles. The zero-order chi connectivity index (χ0) is 14.4. The molecule has 0 fully saturated rings. The van der Waals surface area contributed by atoms with Gasteiger partial charge in [0, 0.05) is 12.6 Å². The highest BCUT2D eigenvalue weighted by molar-refractivity contribution is 5.43. The molecule has 0 bridgehead atoms. The highest BCUT2D eigenvalue weighted by Crippen LogP contribution is 2.27. The third-order valence-corrected chi connectivity index (χ3v) is 2.85. The van der Waals surface area contributed by atoms with E-state index in [1.807, 2.05) is 18.2 Å². The predicted molar refractivity (Wildman–Crippen MR) is 76.6 cm³/mol. The number of nitrogens with zero attached hydrogens (tertiary/aromatic N) is 1. The van der Waals surface area contributed by atoms with Gasteiger partial charge in [-0.2, -0.15) is 5.10 Å².